The highest BCUT2D eigenvalue weighted by Crippen LogP contribution is 2.13. The second-order valence-electron chi connectivity index (χ2n) is 5.82. The van der Waals surface area contributed by atoms with Crippen LogP contribution in [0.1, 0.15) is 11.3 Å². The topological polar surface area (TPSA) is 53.2 Å². The van der Waals surface area contributed by atoms with Crippen molar-refractivity contribution in [1.82, 2.24) is 9.13 Å². The standard InChI is InChI=1S/C19H16Cl2N2O3/c1-22-11-18(26-12-13-5-3-2-4-6-13)17(24)8-15(22)10-23-9-14(20)7-16(21)19(23)25/h2-9,11H,10,12H2,1H3. The molecular formula is C19H16Cl2N2O3. The molecule has 0 fully saturated rings. The van der Waals surface area contributed by atoms with Crippen molar-refractivity contribution in [2.24, 2.45) is 7.05 Å². The Bertz CT molecular complexity index is 1040. The lowest BCUT2D eigenvalue weighted by molar-refractivity contribution is 0.300. The van der Waals surface area contributed by atoms with E-state index in [1.54, 1.807) is 17.8 Å². The summed E-state index contributed by atoms with van der Waals surface area (Å²) >= 11 is 11.8. The molecule has 0 N–H and O–H groups in total. The molecule has 0 bridgehead atoms. The summed E-state index contributed by atoms with van der Waals surface area (Å²) in [6.07, 6.45) is 3.10. The number of ether oxygens (including phenoxy) is 1. The summed E-state index contributed by atoms with van der Waals surface area (Å²) in [5.41, 5.74) is 0.976. The molecule has 2 aromatic heterocycles. The molecule has 0 aliphatic carbocycles. The number of aromatic nitrogens is 2. The van der Waals surface area contributed by atoms with Gasteiger partial charge >= 0.3 is 0 Å². The minimum Gasteiger partial charge on any atom is -0.483 e. The summed E-state index contributed by atoms with van der Waals surface area (Å²) in [5.74, 6) is 0.247. The van der Waals surface area contributed by atoms with Crippen LogP contribution in [-0.4, -0.2) is 9.13 Å². The number of rotatable bonds is 5. The van der Waals surface area contributed by atoms with Crippen LogP contribution in [0.5, 0.6) is 5.75 Å². The highest BCUT2D eigenvalue weighted by Gasteiger charge is 2.10. The smallest absolute Gasteiger partial charge is 0.269 e. The van der Waals surface area contributed by atoms with Crippen LogP contribution in [0.3, 0.4) is 0 Å². The van der Waals surface area contributed by atoms with Gasteiger partial charge in [0, 0.05) is 25.0 Å². The molecular weight excluding hydrogens is 375 g/mol. The molecule has 5 nitrogen and oxygen atoms in total. The third-order valence-corrected chi connectivity index (χ3v) is 4.36. The normalized spacial score (nSPS) is 10.7. The zero-order chi connectivity index (χ0) is 18.7. The fourth-order valence-corrected chi connectivity index (χ4v) is 3.01. The first kappa shape index (κ1) is 18.3. The van der Waals surface area contributed by atoms with Crippen molar-refractivity contribution in [1.29, 1.82) is 0 Å². The van der Waals surface area contributed by atoms with Gasteiger partial charge in [0.05, 0.1) is 17.8 Å². The summed E-state index contributed by atoms with van der Waals surface area (Å²) in [6, 6.07) is 12.4. The summed E-state index contributed by atoms with van der Waals surface area (Å²) in [5, 5.41) is 0.382. The van der Waals surface area contributed by atoms with Gasteiger partial charge < -0.3 is 13.9 Å². The van der Waals surface area contributed by atoms with Crippen LogP contribution >= 0.6 is 23.2 Å². The summed E-state index contributed by atoms with van der Waals surface area (Å²) < 4.78 is 8.73. The summed E-state index contributed by atoms with van der Waals surface area (Å²) in [7, 11) is 1.78. The Morgan fingerprint density at radius 2 is 1.77 bits per heavy atom. The highest BCUT2D eigenvalue weighted by atomic mass is 35.5. The number of nitrogens with zero attached hydrogens (tertiary/aromatic N) is 2. The Hall–Kier alpha value is -2.50. The van der Waals surface area contributed by atoms with Crippen molar-refractivity contribution in [3.05, 3.63) is 96.7 Å². The van der Waals surface area contributed by atoms with Gasteiger partial charge in [-0.1, -0.05) is 53.5 Å². The van der Waals surface area contributed by atoms with Crippen LogP contribution in [0, 0.1) is 0 Å². The van der Waals surface area contributed by atoms with Crippen molar-refractivity contribution in [2.45, 2.75) is 13.2 Å². The number of halogens is 2. The van der Waals surface area contributed by atoms with Crippen molar-refractivity contribution in [2.75, 3.05) is 0 Å². The van der Waals surface area contributed by atoms with Crippen LogP contribution in [0.4, 0.5) is 0 Å². The molecule has 3 rings (SSSR count). The number of aryl methyl sites for hydroxylation is 1. The SMILES string of the molecule is Cn1cc(OCc2ccccc2)c(=O)cc1Cn1cc(Cl)cc(Cl)c1=O. The quantitative estimate of drug-likeness (QED) is 0.669. The molecule has 0 aliphatic rings. The van der Waals surface area contributed by atoms with E-state index in [0.29, 0.717) is 17.3 Å². The lowest BCUT2D eigenvalue weighted by atomic mass is 10.2. The minimum absolute atomic E-state index is 0.0327. The molecule has 0 unspecified atom stereocenters. The maximum absolute atomic E-state index is 12.3. The van der Waals surface area contributed by atoms with Crippen LogP contribution in [-0.2, 0) is 20.2 Å². The molecule has 0 atom stereocenters. The molecule has 0 radical (unpaired) electrons. The zero-order valence-electron chi connectivity index (χ0n) is 14.0. The maximum atomic E-state index is 12.3. The van der Waals surface area contributed by atoms with E-state index in [4.69, 9.17) is 27.9 Å². The molecule has 134 valence electrons. The van der Waals surface area contributed by atoms with Gasteiger partial charge in [-0.3, -0.25) is 9.59 Å². The van der Waals surface area contributed by atoms with Gasteiger partial charge in [0.25, 0.3) is 5.56 Å². The third kappa shape index (κ3) is 4.18. The van der Waals surface area contributed by atoms with Gasteiger partial charge in [0.2, 0.25) is 5.43 Å². The second-order valence-corrected chi connectivity index (χ2v) is 6.66. The van der Waals surface area contributed by atoms with Crippen molar-refractivity contribution < 1.29 is 4.74 Å². The molecule has 0 spiro atoms. The molecule has 2 heterocycles. The lowest BCUT2D eigenvalue weighted by Crippen LogP contribution is -2.23. The molecule has 7 heteroatoms. The maximum Gasteiger partial charge on any atom is 0.269 e. The molecule has 26 heavy (non-hydrogen) atoms. The lowest BCUT2D eigenvalue weighted by Gasteiger charge is -2.13. The first-order valence-corrected chi connectivity index (χ1v) is 8.61. The van der Waals surface area contributed by atoms with Crippen LogP contribution < -0.4 is 15.7 Å². The Morgan fingerprint density at radius 1 is 1.04 bits per heavy atom. The fourth-order valence-electron chi connectivity index (χ4n) is 2.50. The van der Waals surface area contributed by atoms with Crippen LogP contribution in [0.15, 0.2) is 64.4 Å². The van der Waals surface area contributed by atoms with E-state index in [-0.39, 0.29) is 28.3 Å². The van der Waals surface area contributed by atoms with Crippen molar-refractivity contribution in [3.8, 4) is 5.75 Å². The van der Waals surface area contributed by atoms with Gasteiger partial charge in [-0.2, -0.15) is 0 Å². The fraction of sp³-hybridized carbons (Fsp3) is 0.158. The Labute approximate surface area is 160 Å². The van der Waals surface area contributed by atoms with Crippen LogP contribution in [0.25, 0.3) is 0 Å². The third-order valence-electron chi connectivity index (χ3n) is 3.88. The molecule has 3 aromatic rings. The van der Waals surface area contributed by atoms with Gasteiger partial charge in [0.15, 0.2) is 5.75 Å². The zero-order valence-corrected chi connectivity index (χ0v) is 15.5. The van der Waals surface area contributed by atoms with E-state index in [1.807, 2.05) is 30.3 Å². The van der Waals surface area contributed by atoms with E-state index >= 15 is 0 Å². The average molecular weight is 391 g/mol. The summed E-state index contributed by atoms with van der Waals surface area (Å²) in [6.45, 7) is 0.475. The molecule has 0 saturated heterocycles. The number of hydrogen-bond donors (Lipinski definition) is 0. The second kappa shape index (κ2) is 7.81. The molecule has 0 saturated carbocycles. The average Bonchev–Trinajstić information content (AvgIpc) is 2.61. The van der Waals surface area contributed by atoms with E-state index in [1.165, 1.54) is 22.9 Å². The predicted molar refractivity (Wildman–Crippen MR) is 102 cm³/mol. The van der Waals surface area contributed by atoms with Gasteiger partial charge in [-0.15, -0.1) is 0 Å². The summed E-state index contributed by atoms with van der Waals surface area (Å²) in [4.78, 5) is 24.5. The Morgan fingerprint density at radius 3 is 2.50 bits per heavy atom. The minimum atomic E-state index is -0.368. The Balaban J connectivity index is 1.84. The number of hydrogen-bond acceptors (Lipinski definition) is 3. The molecule has 1 aromatic carbocycles. The van der Waals surface area contributed by atoms with Crippen molar-refractivity contribution in [3.63, 3.8) is 0 Å². The first-order chi connectivity index (χ1) is 12.4. The van der Waals surface area contributed by atoms with E-state index in [0.717, 1.165) is 5.56 Å². The molecule has 0 aliphatic heterocycles. The van der Waals surface area contributed by atoms with E-state index in [9.17, 15) is 9.59 Å². The van der Waals surface area contributed by atoms with Gasteiger partial charge in [-0.05, 0) is 11.6 Å². The van der Waals surface area contributed by atoms with E-state index in [2.05, 4.69) is 0 Å². The predicted octanol–water partition coefficient (Wildman–Crippen LogP) is 3.48. The largest absolute Gasteiger partial charge is 0.483 e. The number of pyridine rings is 2. The first-order valence-electron chi connectivity index (χ1n) is 7.86. The molecule has 0 amide bonds. The highest BCUT2D eigenvalue weighted by molar-refractivity contribution is 6.34. The van der Waals surface area contributed by atoms with Gasteiger partial charge in [0.1, 0.15) is 11.6 Å². The number of benzene rings is 1. The van der Waals surface area contributed by atoms with E-state index < -0.39 is 0 Å². The van der Waals surface area contributed by atoms with Crippen molar-refractivity contribution >= 4 is 23.2 Å². The monoisotopic (exact) mass is 390 g/mol. The van der Waals surface area contributed by atoms with Crippen LogP contribution in [0.2, 0.25) is 10.0 Å². The Kier molecular flexibility index (Phi) is 5.49. The van der Waals surface area contributed by atoms with Gasteiger partial charge in [-0.25, -0.2) is 0 Å².